The van der Waals surface area contributed by atoms with Gasteiger partial charge in [0.05, 0.1) is 7.11 Å². The fourth-order valence-electron chi connectivity index (χ4n) is 1.74. The molecule has 18 heavy (non-hydrogen) atoms. The average Bonchev–Trinajstić information content (AvgIpc) is 2.75. The van der Waals surface area contributed by atoms with Gasteiger partial charge in [-0.15, -0.1) is 5.10 Å². The minimum Gasteiger partial charge on any atom is -0.496 e. The van der Waals surface area contributed by atoms with Gasteiger partial charge in [-0.05, 0) is 48.8 Å². The van der Waals surface area contributed by atoms with Crippen LogP contribution in [0.25, 0.3) is 0 Å². The van der Waals surface area contributed by atoms with Crippen LogP contribution in [0.3, 0.4) is 0 Å². The maximum Gasteiger partial charge on any atom is 0.284 e. The van der Waals surface area contributed by atoms with Gasteiger partial charge in [0.25, 0.3) is 4.84 Å². The minimum atomic E-state index is -0.261. The van der Waals surface area contributed by atoms with E-state index in [2.05, 4.69) is 10.2 Å². The van der Waals surface area contributed by atoms with Gasteiger partial charge in [0, 0.05) is 6.42 Å². The molecule has 0 amide bonds. The Morgan fingerprint density at radius 2 is 2.28 bits per heavy atom. The van der Waals surface area contributed by atoms with Crippen molar-refractivity contribution in [1.29, 1.82) is 0 Å². The molecule has 0 aliphatic heterocycles. The lowest BCUT2D eigenvalue weighted by Gasteiger charge is -2.07. The van der Waals surface area contributed by atoms with Crippen molar-refractivity contribution in [1.82, 2.24) is 10.2 Å². The zero-order valence-electron chi connectivity index (χ0n) is 9.90. The molecule has 0 atom stereocenters. The highest BCUT2D eigenvalue weighted by molar-refractivity contribution is 7.71. The van der Waals surface area contributed by atoms with Crippen molar-refractivity contribution >= 4 is 12.2 Å². The third-order valence-corrected chi connectivity index (χ3v) is 2.74. The number of rotatable bonds is 5. The monoisotopic (exact) mass is 268 g/mol. The van der Waals surface area contributed by atoms with Gasteiger partial charge in [0.1, 0.15) is 11.6 Å². The van der Waals surface area contributed by atoms with E-state index in [0.717, 1.165) is 12.0 Å². The van der Waals surface area contributed by atoms with Crippen molar-refractivity contribution in [2.24, 2.45) is 0 Å². The molecule has 1 aromatic heterocycles. The summed E-state index contributed by atoms with van der Waals surface area (Å²) in [5.74, 6) is 0.998. The van der Waals surface area contributed by atoms with Crippen LogP contribution in [0.1, 0.15) is 17.9 Å². The maximum absolute atomic E-state index is 13.1. The number of ether oxygens (including phenoxy) is 1. The second-order valence-corrected chi connectivity index (χ2v) is 4.19. The van der Waals surface area contributed by atoms with Crippen LogP contribution < -0.4 is 4.74 Å². The fraction of sp³-hybridized carbons (Fsp3) is 0.333. The van der Waals surface area contributed by atoms with E-state index in [4.69, 9.17) is 21.4 Å². The number of methoxy groups -OCH3 is 1. The average molecular weight is 268 g/mol. The molecule has 0 aliphatic carbocycles. The number of aromatic nitrogens is 2. The summed E-state index contributed by atoms with van der Waals surface area (Å²) in [7, 11) is 1.57. The lowest BCUT2D eigenvalue weighted by molar-refractivity contribution is 0.407. The van der Waals surface area contributed by atoms with Crippen molar-refractivity contribution in [3.63, 3.8) is 0 Å². The van der Waals surface area contributed by atoms with Crippen molar-refractivity contribution in [3.05, 3.63) is 40.3 Å². The van der Waals surface area contributed by atoms with Gasteiger partial charge in [0.2, 0.25) is 5.89 Å². The van der Waals surface area contributed by atoms with Crippen LogP contribution in [0, 0.1) is 10.7 Å². The topological polar surface area (TPSA) is 51.0 Å². The van der Waals surface area contributed by atoms with Gasteiger partial charge in [-0.1, -0.05) is 0 Å². The lowest BCUT2D eigenvalue weighted by atomic mass is 10.1. The Balaban J connectivity index is 1.97. The zero-order chi connectivity index (χ0) is 13.0. The third kappa shape index (κ3) is 3.16. The second kappa shape index (κ2) is 5.77. The quantitative estimate of drug-likeness (QED) is 0.847. The highest BCUT2D eigenvalue weighted by Crippen LogP contribution is 2.21. The van der Waals surface area contributed by atoms with Crippen LogP contribution >= 0.6 is 12.2 Å². The Morgan fingerprint density at radius 3 is 2.94 bits per heavy atom. The van der Waals surface area contributed by atoms with Crippen molar-refractivity contribution in [3.8, 4) is 5.75 Å². The summed E-state index contributed by atoms with van der Waals surface area (Å²) in [5.41, 5.74) is 0.839. The summed E-state index contributed by atoms with van der Waals surface area (Å²) in [6, 6.07) is 4.50. The number of aromatic amines is 1. The number of benzene rings is 1. The summed E-state index contributed by atoms with van der Waals surface area (Å²) >= 11 is 4.78. The molecule has 96 valence electrons. The second-order valence-electron chi connectivity index (χ2n) is 3.82. The summed E-state index contributed by atoms with van der Waals surface area (Å²) in [6.45, 7) is 0. The van der Waals surface area contributed by atoms with E-state index in [-0.39, 0.29) is 10.7 Å². The molecule has 1 heterocycles. The van der Waals surface area contributed by atoms with Crippen LogP contribution in [-0.4, -0.2) is 17.3 Å². The molecule has 2 rings (SSSR count). The van der Waals surface area contributed by atoms with E-state index >= 15 is 0 Å². The van der Waals surface area contributed by atoms with E-state index in [1.54, 1.807) is 13.2 Å². The van der Waals surface area contributed by atoms with Gasteiger partial charge < -0.3 is 9.15 Å². The first-order valence-electron chi connectivity index (χ1n) is 5.56. The van der Waals surface area contributed by atoms with Crippen LogP contribution in [0.4, 0.5) is 4.39 Å². The first-order chi connectivity index (χ1) is 8.69. The molecule has 0 saturated heterocycles. The zero-order valence-corrected chi connectivity index (χ0v) is 10.7. The molecule has 0 fully saturated rings. The first-order valence-corrected chi connectivity index (χ1v) is 5.96. The molecule has 6 heteroatoms. The molecule has 4 nitrogen and oxygen atoms in total. The Morgan fingerprint density at radius 1 is 1.44 bits per heavy atom. The highest BCUT2D eigenvalue weighted by Gasteiger charge is 2.06. The Kier molecular flexibility index (Phi) is 4.09. The molecule has 2 aromatic rings. The van der Waals surface area contributed by atoms with E-state index < -0.39 is 0 Å². The Hall–Kier alpha value is -1.69. The smallest absolute Gasteiger partial charge is 0.284 e. The standard InChI is InChI=1S/C12H13FN2O2S/c1-16-10-6-5-9(13)7-8(10)3-2-4-11-14-15-12(18)17-11/h5-7H,2-4H2,1H3,(H,15,18). The SMILES string of the molecule is COc1ccc(F)cc1CCCc1n[nH]c(=S)o1. The van der Waals surface area contributed by atoms with Crippen molar-refractivity contribution in [2.45, 2.75) is 19.3 Å². The fourth-order valence-corrected chi connectivity index (χ4v) is 1.88. The Bertz CT molecular complexity index is 579. The maximum atomic E-state index is 13.1. The number of H-pyrrole nitrogens is 1. The van der Waals surface area contributed by atoms with Crippen LogP contribution in [0.5, 0.6) is 5.75 Å². The molecule has 0 saturated carbocycles. The molecule has 1 N–H and O–H groups in total. The minimum absolute atomic E-state index is 0.261. The van der Waals surface area contributed by atoms with Gasteiger partial charge in [-0.25, -0.2) is 9.49 Å². The first kappa shape index (κ1) is 12.8. The summed E-state index contributed by atoms with van der Waals surface area (Å²) in [5, 5.41) is 6.47. The van der Waals surface area contributed by atoms with Crippen molar-refractivity contribution in [2.75, 3.05) is 7.11 Å². The summed E-state index contributed by atoms with van der Waals surface area (Å²) in [6.07, 6.45) is 2.12. The number of nitrogens with zero attached hydrogens (tertiary/aromatic N) is 1. The molecule has 0 unspecified atom stereocenters. The molecule has 1 aromatic carbocycles. The predicted octanol–water partition coefficient (Wildman–Crippen LogP) is 3.06. The number of halogens is 1. The lowest BCUT2D eigenvalue weighted by Crippen LogP contribution is -1.95. The number of aryl methyl sites for hydroxylation is 2. The van der Waals surface area contributed by atoms with Crippen LogP contribution in [0.15, 0.2) is 22.6 Å². The van der Waals surface area contributed by atoms with E-state index in [1.807, 2.05) is 0 Å². The highest BCUT2D eigenvalue weighted by atomic mass is 32.1. The van der Waals surface area contributed by atoms with Crippen LogP contribution in [0.2, 0.25) is 0 Å². The summed E-state index contributed by atoms with van der Waals surface area (Å²) < 4.78 is 23.5. The number of hydrogen-bond donors (Lipinski definition) is 1. The van der Waals surface area contributed by atoms with E-state index in [9.17, 15) is 4.39 Å². The van der Waals surface area contributed by atoms with Gasteiger partial charge >= 0.3 is 0 Å². The van der Waals surface area contributed by atoms with E-state index in [0.29, 0.717) is 24.5 Å². The molecule has 0 spiro atoms. The third-order valence-electron chi connectivity index (χ3n) is 2.56. The van der Waals surface area contributed by atoms with Crippen molar-refractivity contribution < 1.29 is 13.5 Å². The Labute approximate surface area is 109 Å². The van der Waals surface area contributed by atoms with Gasteiger partial charge in [-0.2, -0.15) is 0 Å². The summed E-state index contributed by atoms with van der Waals surface area (Å²) in [4.78, 5) is 0.272. The molecular formula is C12H13FN2O2S. The number of hydrogen-bond acceptors (Lipinski definition) is 4. The predicted molar refractivity (Wildman–Crippen MR) is 66.7 cm³/mol. The normalized spacial score (nSPS) is 10.6. The van der Waals surface area contributed by atoms with E-state index in [1.165, 1.54) is 12.1 Å². The molecule has 0 aliphatic rings. The van der Waals surface area contributed by atoms with Gasteiger partial charge in [-0.3, -0.25) is 0 Å². The molecular weight excluding hydrogens is 255 g/mol. The number of nitrogens with one attached hydrogen (secondary N) is 1. The largest absolute Gasteiger partial charge is 0.496 e. The van der Waals surface area contributed by atoms with Crippen LogP contribution in [-0.2, 0) is 12.8 Å². The molecule has 0 radical (unpaired) electrons. The van der Waals surface area contributed by atoms with Gasteiger partial charge in [0.15, 0.2) is 0 Å². The molecule has 0 bridgehead atoms.